The minimum Gasteiger partial charge on any atom is -0.321 e. The lowest BCUT2D eigenvalue weighted by atomic mass is 10.2. The van der Waals surface area contributed by atoms with Gasteiger partial charge in [0.1, 0.15) is 12.2 Å². The highest BCUT2D eigenvalue weighted by atomic mass is 15.2. The van der Waals surface area contributed by atoms with Crippen LogP contribution in [0.2, 0.25) is 0 Å². The SMILES string of the molecule is CCC(CC)NCCc1nncn1C. The van der Waals surface area contributed by atoms with Crippen LogP contribution in [0, 0.1) is 0 Å². The Morgan fingerprint density at radius 1 is 1.43 bits per heavy atom. The molecule has 0 aliphatic heterocycles. The maximum absolute atomic E-state index is 4.04. The summed E-state index contributed by atoms with van der Waals surface area (Å²) in [6.45, 7) is 5.41. The monoisotopic (exact) mass is 196 g/mol. The van der Waals surface area contributed by atoms with E-state index in [0.717, 1.165) is 18.8 Å². The van der Waals surface area contributed by atoms with Gasteiger partial charge in [-0.2, -0.15) is 0 Å². The van der Waals surface area contributed by atoms with Crippen LogP contribution in [0.5, 0.6) is 0 Å². The third-order valence-electron chi connectivity index (χ3n) is 2.57. The topological polar surface area (TPSA) is 42.7 Å². The Bertz CT molecular complexity index is 252. The van der Waals surface area contributed by atoms with Crippen LogP contribution >= 0.6 is 0 Å². The molecule has 1 N–H and O–H groups in total. The molecule has 4 nitrogen and oxygen atoms in total. The van der Waals surface area contributed by atoms with Crippen LogP contribution in [0.4, 0.5) is 0 Å². The van der Waals surface area contributed by atoms with Crippen molar-refractivity contribution in [2.45, 2.75) is 39.2 Å². The Morgan fingerprint density at radius 2 is 2.14 bits per heavy atom. The van der Waals surface area contributed by atoms with Crippen LogP contribution in [0.15, 0.2) is 6.33 Å². The van der Waals surface area contributed by atoms with Crippen molar-refractivity contribution in [1.29, 1.82) is 0 Å². The molecular formula is C10H20N4. The molecule has 0 spiro atoms. The van der Waals surface area contributed by atoms with E-state index in [2.05, 4.69) is 29.4 Å². The van der Waals surface area contributed by atoms with Gasteiger partial charge in [0, 0.05) is 26.1 Å². The highest BCUT2D eigenvalue weighted by molar-refractivity contribution is 4.85. The fourth-order valence-electron chi connectivity index (χ4n) is 1.50. The molecule has 0 fully saturated rings. The summed E-state index contributed by atoms with van der Waals surface area (Å²) >= 11 is 0. The summed E-state index contributed by atoms with van der Waals surface area (Å²) in [5.41, 5.74) is 0. The number of rotatable bonds is 6. The predicted molar refractivity (Wildman–Crippen MR) is 57.1 cm³/mol. The van der Waals surface area contributed by atoms with E-state index >= 15 is 0 Å². The zero-order chi connectivity index (χ0) is 10.4. The van der Waals surface area contributed by atoms with Gasteiger partial charge in [0.05, 0.1) is 0 Å². The molecule has 14 heavy (non-hydrogen) atoms. The summed E-state index contributed by atoms with van der Waals surface area (Å²) in [5, 5.41) is 11.4. The molecule has 0 saturated heterocycles. The van der Waals surface area contributed by atoms with E-state index in [1.165, 1.54) is 12.8 Å². The van der Waals surface area contributed by atoms with Crippen LogP contribution in [0.25, 0.3) is 0 Å². The van der Waals surface area contributed by atoms with Gasteiger partial charge >= 0.3 is 0 Å². The van der Waals surface area contributed by atoms with Crippen molar-refractivity contribution in [2.75, 3.05) is 6.54 Å². The van der Waals surface area contributed by atoms with Crippen LogP contribution in [-0.4, -0.2) is 27.4 Å². The molecule has 0 unspecified atom stereocenters. The maximum atomic E-state index is 4.04. The van der Waals surface area contributed by atoms with Gasteiger partial charge in [0.15, 0.2) is 0 Å². The molecule has 4 heteroatoms. The molecular weight excluding hydrogens is 176 g/mol. The lowest BCUT2D eigenvalue weighted by Gasteiger charge is -2.13. The van der Waals surface area contributed by atoms with E-state index in [4.69, 9.17) is 0 Å². The standard InChI is InChI=1S/C10H20N4/c1-4-9(5-2)11-7-6-10-13-12-8-14(10)3/h8-9,11H,4-7H2,1-3H3. The van der Waals surface area contributed by atoms with Crippen molar-refractivity contribution in [3.8, 4) is 0 Å². The van der Waals surface area contributed by atoms with Crippen LogP contribution < -0.4 is 5.32 Å². The van der Waals surface area contributed by atoms with Crippen molar-refractivity contribution in [3.63, 3.8) is 0 Å². The van der Waals surface area contributed by atoms with Crippen molar-refractivity contribution < 1.29 is 0 Å². The van der Waals surface area contributed by atoms with E-state index in [1.807, 2.05) is 11.6 Å². The highest BCUT2D eigenvalue weighted by Crippen LogP contribution is 1.97. The van der Waals surface area contributed by atoms with Crippen molar-refractivity contribution in [1.82, 2.24) is 20.1 Å². The smallest absolute Gasteiger partial charge is 0.133 e. The molecule has 0 amide bonds. The van der Waals surface area contributed by atoms with Crippen LogP contribution in [0.1, 0.15) is 32.5 Å². The molecule has 0 aromatic carbocycles. The molecule has 0 atom stereocenters. The first kappa shape index (κ1) is 11.2. The minimum absolute atomic E-state index is 0.642. The molecule has 0 aliphatic rings. The third-order valence-corrected chi connectivity index (χ3v) is 2.57. The quantitative estimate of drug-likeness (QED) is 0.742. The fraction of sp³-hybridized carbons (Fsp3) is 0.800. The van der Waals surface area contributed by atoms with Crippen LogP contribution in [-0.2, 0) is 13.5 Å². The first-order valence-electron chi connectivity index (χ1n) is 5.34. The zero-order valence-electron chi connectivity index (χ0n) is 9.32. The Balaban J connectivity index is 2.24. The molecule has 1 aromatic rings. The summed E-state index contributed by atoms with van der Waals surface area (Å²) in [6.07, 6.45) is 5.07. The molecule has 80 valence electrons. The average molecular weight is 196 g/mol. The summed E-state index contributed by atoms with van der Waals surface area (Å²) in [4.78, 5) is 0. The number of hydrogen-bond donors (Lipinski definition) is 1. The van der Waals surface area contributed by atoms with Gasteiger partial charge in [-0.1, -0.05) is 13.8 Å². The third kappa shape index (κ3) is 3.10. The number of hydrogen-bond acceptors (Lipinski definition) is 3. The summed E-state index contributed by atoms with van der Waals surface area (Å²) in [5.74, 6) is 1.04. The minimum atomic E-state index is 0.642. The average Bonchev–Trinajstić information content (AvgIpc) is 2.59. The highest BCUT2D eigenvalue weighted by Gasteiger charge is 2.03. The fourth-order valence-corrected chi connectivity index (χ4v) is 1.50. The molecule has 1 heterocycles. The van der Waals surface area contributed by atoms with Gasteiger partial charge < -0.3 is 9.88 Å². The molecule has 0 saturated carbocycles. The number of aryl methyl sites for hydroxylation is 1. The Kier molecular flexibility index (Phi) is 4.59. The first-order valence-corrected chi connectivity index (χ1v) is 5.34. The van der Waals surface area contributed by atoms with E-state index in [0.29, 0.717) is 6.04 Å². The lowest BCUT2D eigenvalue weighted by Crippen LogP contribution is -2.30. The number of nitrogens with one attached hydrogen (secondary N) is 1. The van der Waals surface area contributed by atoms with Crippen molar-refractivity contribution in [3.05, 3.63) is 12.2 Å². The molecule has 0 aliphatic carbocycles. The molecule has 0 radical (unpaired) electrons. The maximum Gasteiger partial charge on any atom is 0.133 e. The second-order valence-corrected chi connectivity index (χ2v) is 3.58. The summed E-state index contributed by atoms with van der Waals surface area (Å²) in [7, 11) is 1.98. The lowest BCUT2D eigenvalue weighted by molar-refractivity contribution is 0.483. The van der Waals surface area contributed by atoms with Gasteiger partial charge in [-0.25, -0.2) is 0 Å². The van der Waals surface area contributed by atoms with E-state index in [-0.39, 0.29) is 0 Å². The second-order valence-electron chi connectivity index (χ2n) is 3.58. The number of nitrogens with zero attached hydrogens (tertiary/aromatic N) is 3. The Hall–Kier alpha value is -0.900. The van der Waals surface area contributed by atoms with Gasteiger partial charge in [-0.15, -0.1) is 10.2 Å². The largest absolute Gasteiger partial charge is 0.321 e. The van der Waals surface area contributed by atoms with Gasteiger partial charge in [0.25, 0.3) is 0 Å². The Labute approximate surface area is 85.7 Å². The van der Waals surface area contributed by atoms with E-state index < -0.39 is 0 Å². The van der Waals surface area contributed by atoms with Crippen LogP contribution in [0.3, 0.4) is 0 Å². The van der Waals surface area contributed by atoms with Crippen molar-refractivity contribution >= 4 is 0 Å². The summed E-state index contributed by atoms with van der Waals surface area (Å²) < 4.78 is 1.97. The second kappa shape index (κ2) is 5.75. The zero-order valence-corrected chi connectivity index (χ0v) is 9.32. The van der Waals surface area contributed by atoms with E-state index in [9.17, 15) is 0 Å². The van der Waals surface area contributed by atoms with E-state index in [1.54, 1.807) is 6.33 Å². The molecule has 1 aromatic heterocycles. The Morgan fingerprint density at radius 3 is 2.64 bits per heavy atom. The molecule has 1 rings (SSSR count). The predicted octanol–water partition coefficient (Wildman–Crippen LogP) is 1.14. The summed E-state index contributed by atoms with van der Waals surface area (Å²) in [6, 6.07) is 0.642. The van der Waals surface area contributed by atoms with Gasteiger partial charge in [-0.05, 0) is 12.8 Å². The van der Waals surface area contributed by atoms with Crippen molar-refractivity contribution in [2.24, 2.45) is 7.05 Å². The van der Waals surface area contributed by atoms with Gasteiger partial charge in [-0.3, -0.25) is 0 Å². The van der Waals surface area contributed by atoms with Gasteiger partial charge in [0.2, 0.25) is 0 Å². The molecule has 0 bridgehead atoms. The normalized spacial score (nSPS) is 11.1. The first-order chi connectivity index (χ1) is 6.77. The number of aromatic nitrogens is 3.